The number of nitrogens with one attached hydrogen (secondary N) is 1. The Kier molecular flexibility index (Phi) is 4.34. The first kappa shape index (κ1) is 13.8. The number of nitro benzene ring substituents is 1. The van der Waals surface area contributed by atoms with Crippen molar-refractivity contribution in [1.29, 1.82) is 0 Å². The fraction of sp³-hybridized carbons (Fsp3) is 0.455. The van der Waals surface area contributed by atoms with Crippen LogP contribution in [-0.4, -0.2) is 22.5 Å². The van der Waals surface area contributed by atoms with Crippen molar-refractivity contribution in [2.75, 3.05) is 18.1 Å². The Morgan fingerprint density at radius 1 is 1.53 bits per heavy atom. The zero-order valence-corrected chi connectivity index (χ0v) is 10.8. The Bertz CT molecular complexity index is 424. The third-order valence-electron chi connectivity index (χ3n) is 2.41. The Labute approximate surface area is 104 Å². The monoisotopic (exact) mass is 258 g/mol. The normalized spacial score (nSPS) is 11.3. The van der Waals surface area contributed by atoms with Crippen LogP contribution >= 0.6 is 11.8 Å². The topological polar surface area (TPSA) is 55.2 Å². The van der Waals surface area contributed by atoms with Gasteiger partial charge in [0, 0.05) is 23.4 Å². The van der Waals surface area contributed by atoms with E-state index in [1.54, 1.807) is 11.8 Å². The molecule has 0 saturated carbocycles. The summed E-state index contributed by atoms with van der Waals surface area (Å²) in [6.07, 6.45) is 1.96. The van der Waals surface area contributed by atoms with Crippen LogP contribution in [-0.2, 0) is 0 Å². The second kappa shape index (κ2) is 5.35. The number of thioether (sulfide) groups is 1. The molecular weight excluding hydrogens is 243 g/mol. The summed E-state index contributed by atoms with van der Waals surface area (Å²) in [6.45, 7) is 4.55. The fourth-order valence-electron chi connectivity index (χ4n) is 1.19. The summed E-state index contributed by atoms with van der Waals surface area (Å²) in [5, 5.41) is 13.7. The summed E-state index contributed by atoms with van der Waals surface area (Å²) in [5.74, 6) is -0.486. The molecule has 0 bridgehead atoms. The standard InChI is InChI=1S/C11H15FN2O2S/c1-11(2,17-3)7-13-9-6-8(12)4-5-10(9)14(15)16/h4-6,13H,7H2,1-3H3. The van der Waals surface area contributed by atoms with Crippen molar-refractivity contribution >= 4 is 23.1 Å². The minimum absolute atomic E-state index is 0.0693. The first-order chi connectivity index (χ1) is 7.85. The quantitative estimate of drug-likeness (QED) is 0.650. The van der Waals surface area contributed by atoms with Gasteiger partial charge in [0.2, 0.25) is 0 Å². The minimum Gasteiger partial charge on any atom is -0.378 e. The molecule has 1 aromatic carbocycles. The first-order valence-electron chi connectivity index (χ1n) is 5.09. The van der Waals surface area contributed by atoms with Crippen LogP contribution in [0.5, 0.6) is 0 Å². The number of hydrogen-bond donors (Lipinski definition) is 1. The highest BCUT2D eigenvalue weighted by molar-refractivity contribution is 7.99. The van der Waals surface area contributed by atoms with Gasteiger partial charge in [-0.15, -0.1) is 0 Å². The van der Waals surface area contributed by atoms with Crippen molar-refractivity contribution in [3.63, 3.8) is 0 Å². The van der Waals surface area contributed by atoms with Gasteiger partial charge in [-0.05, 0) is 26.2 Å². The number of rotatable bonds is 5. The van der Waals surface area contributed by atoms with E-state index in [2.05, 4.69) is 5.32 Å². The van der Waals surface area contributed by atoms with Crippen LogP contribution in [0, 0.1) is 15.9 Å². The van der Waals surface area contributed by atoms with E-state index in [0.29, 0.717) is 6.54 Å². The summed E-state index contributed by atoms with van der Waals surface area (Å²) in [5.41, 5.74) is 0.112. The molecular formula is C11H15FN2O2S. The lowest BCUT2D eigenvalue weighted by molar-refractivity contribution is -0.384. The predicted molar refractivity (Wildman–Crippen MR) is 69.1 cm³/mol. The minimum atomic E-state index is -0.520. The van der Waals surface area contributed by atoms with Crippen LogP contribution in [0.1, 0.15) is 13.8 Å². The molecule has 0 saturated heterocycles. The van der Waals surface area contributed by atoms with Crippen molar-refractivity contribution in [1.82, 2.24) is 0 Å². The Morgan fingerprint density at radius 2 is 2.18 bits per heavy atom. The molecule has 0 amide bonds. The average molecular weight is 258 g/mol. The fourth-order valence-corrected chi connectivity index (χ4v) is 1.41. The number of nitro groups is 1. The molecule has 0 aliphatic carbocycles. The smallest absolute Gasteiger partial charge is 0.292 e. The summed E-state index contributed by atoms with van der Waals surface area (Å²) in [6, 6.07) is 3.40. The second-order valence-electron chi connectivity index (χ2n) is 4.24. The molecule has 0 aromatic heterocycles. The third-order valence-corrected chi connectivity index (χ3v) is 3.66. The largest absolute Gasteiger partial charge is 0.378 e. The molecule has 94 valence electrons. The SMILES string of the molecule is CSC(C)(C)CNc1cc(F)ccc1[N+](=O)[O-]. The molecule has 6 heteroatoms. The van der Waals surface area contributed by atoms with Gasteiger partial charge in [-0.1, -0.05) is 0 Å². The molecule has 4 nitrogen and oxygen atoms in total. The molecule has 1 rings (SSSR count). The first-order valence-corrected chi connectivity index (χ1v) is 6.31. The lowest BCUT2D eigenvalue weighted by atomic mass is 10.2. The number of anilines is 1. The number of benzene rings is 1. The van der Waals surface area contributed by atoms with Gasteiger partial charge in [0.05, 0.1) is 4.92 Å². The van der Waals surface area contributed by atoms with E-state index in [0.717, 1.165) is 12.1 Å². The molecule has 0 unspecified atom stereocenters. The van der Waals surface area contributed by atoms with Gasteiger partial charge in [0.1, 0.15) is 11.5 Å². The lowest BCUT2D eigenvalue weighted by Gasteiger charge is -2.22. The predicted octanol–water partition coefficient (Wildman–Crippen LogP) is 3.29. The molecule has 0 radical (unpaired) electrons. The van der Waals surface area contributed by atoms with Crippen molar-refractivity contribution in [2.45, 2.75) is 18.6 Å². The van der Waals surface area contributed by atoms with Gasteiger partial charge < -0.3 is 5.32 Å². The van der Waals surface area contributed by atoms with Crippen molar-refractivity contribution < 1.29 is 9.31 Å². The van der Waals surface area contributed by atoms with E-state index in [-0.39, 0.29) is 16.1 Å². The Morgan fingerprint density at radius 3 is 2.71 bits per heavy atom. The van der Waals surface area contributed by atoms with Crippen LogP contribution in [0.25, 0.3) is 0 Å². The summed E-state index contributed by atoms with van der Waals surface area (Å²) in [7, 11) is 0. The van der Waals surface area contributed by atoms with E-state index in [9.17, 15) is 14.5 Å². The summed E-state index contributed by atoms with van der Waals surface area (Å²) in [4.78, 5) is 10.2. The molecule has 0 aliphatic heterocycles. The zero-order valence-electron chi connectivity index (χ0n) is 9.99. The maximum Gasteiger partial charge on any atom is 0.292 e. The molecule has 0 spiro atoms. The molecule has 0 atom stereocenters. The van der Waals surface area contributed by atoms with Crippen molar-refractivity contribution in [3.05, 3.63) is 34.1 Å². The van der Waals surface area contributed by atoms with Gasteiger partial charge in [0.25, 0.3) is 5.69 Å². The number of nitrogens with zero attached hydrogens (tertiary/aromatic N) is 1. The van der Waals surface area contributed by atoms with Crippen LogP contribution in [0.15, 0.2) is 18.2 Å². The van der Waals surface area contributed by atoms with E-state index in [1.807, 2.05) is 20.1 Å². The molecule has 17 heavy (non-hydrogen) atoms. The van der Waals surface area contributed by atoms with Crippen LogP contribution in [0.3, 0.4) is 0 Å². The van der Waals surface area contributed by atoms with Crippen LogP contribution < -0.4 is 5.32 Å². The van der Waals surface area contributed by atoms with Gasteiger partial charge >= 0.3 is 0 Å². The highest BCUT2D eigenvalue weighted by Gasteiger charge is 2.19. The van der Waals surface area contributed by atoms with E-state index < -0.39 is 10.7 Å². The van der Waals surface area contributed by atoms with E-state index in [1.165, 1.54) is 6.07 Å². The summed E-state index contributed by atoms with van der Waals surface area (Å²) >= 11 is 1.64. The van der Waals surface area contributed by atoms with Gasteiger partial charge in [-0.25, -0.2) is 4.39 Å². The average Bonchev–Trinajstić information content (AvgIpc) is 2.26. The Balaban J connectivity index is 2.89. The van der Waals surface area contributed by atoms with Crippen LogP contribution in [0.4, 0.5) is 15.8 Å². The maximum atomic E-state index is 13.0. The highest BCUT2D eigenvalue weighted by atomic mass is 32.2. The lowest BCUT2D eigenvalue weighted by Crippen LogP contribution is -2.26. The highest BCUT2D eigenvalue weighted by Crippen LogP contribution is 2.27. The van der Waals surface area contributed by atoms with Gasteiger partial charge in [-0.2, -0.15) is 11.8 Å². The number of halogens is 1. The molecule has 0 heterocycles. The molecule has 1 aromatic rings. The van der Waals surface area contributed by atoms with Crippen molar-refractivity contribution in [2.24, 2.45) is 0 Å². The van der Waals surface area contributed by atoms with E-state index >= 15 is 0 Å². The van der Waals surface area contributed by atoms with E-state index in [4.69, 9.17) is 0 Å². The van der Waals surface area contributed by atoms with Gasteiger partial charge in [-0.3, -0.25) is 10.1 Å². The van der Waals surface area contributed by atoms with Crippen LogP contribution in [0.2, 0.25) is 0 Å². The molecule has 0 fully saturated rings. The zero-order chi connectivity index (χ0) is 13.1. The second-order valence-corrected chi connectivity index (χ2v) is 5.75. The third kappa shape index (κ3) is 3.89. The Hall–Kier alpha value is -1.30. The summed E-state index contributed by atoms with van der Waals surface area (Å²) < 4.78 is 13.0. The molecule has 0 aliphatic rings. The van der Waals surface area contributed by atoms with Crippen molar-refractivity contribution in [3.8, 4) is 0 Å². The van der Waals surface area contributed by atoms with Gasteiger partial charge in [0.15, 0.2) is 0 Å². The molecule has 1 N–H and O–H groups in total. The number of hydrogen-bond acceptors (Lipinski definition) is 4. The maximum absolute atomic E-state index is 13.0.